The molecule has 7 aromatic rings. The van der Waals surface area contributed by atoms with Crippen LogP contribution in [0.4, 0.5) is 17.1 Å². The van der Waals surface area contributed by atoms with Crippen molar-refractivity contribution in [2.24, 2.45) is 0 Å². The van der Waals surface area contributed by atoms with Gasteiger partial charge in [0.1, 0.15) is 5.58 Å². The zero-order valence-electron chi connectivity index (χ0n) is 17.7. The molecule has 5 aromatic carbocycles. The van der Waals surface area contributed by atoms with Crippen LogP contribution in [0, 0.1) is 0 Å². The van der Waals surface area contributed by atoms with Crippen LogP contribution in [0.25, 0.3) is 42.1 Å². The number of hydrogen-bond donors (Lipinski definition) is 0. The first-order valence-electron chi connectivity index (χ1n) is 11.0. The van der Waals surface area contributed by atoms with E-state index in [0.717, 1.165) is 39.0 Å². The van der Waals surface area contributed by atoms with Crippen molar-refractivity contribution >= 4 is 70.5 Å². The van der Waals surface area contributed by atoms with Gasteiger partial charge in [0.25, 0.3) is 0 Å². The molecule has 0 aliphatic carbocycles. The largest absolute Gasteiger partial charge is 0.454 e. The zero-order valence-corrected chi connectivity index (χ0v) is 18.5. The summed E-state index contributed by atoms with van der Waals surface area (Å²) in [6.07, 6.45) is 0. The maximum absolute atomic E-state index is 6.54. The van der Waals surface area contributed by atoms with E-state index in [1.165, 1.54) is 20.2 Å². The lowest BCUT2D eigenvalue weighted by atomic mass is 10.0. The summed E-state index contributed by atoms with van der Waals surface area (Å²) in [7, 11) is 0. The molecule has 33 heavy (non-hydrogen) atoms. The maximum atomic E-state index is 6.54. The molecule has 0 bridgehead atoms. The van der Waals surface area contributed by atoms with E-state index in [4.69, 9.17) is 4.42 Å². The lowest BCUT2D eigenvalue weighted by Crippen LogP contribution is -2.10. The van der Waals surface area contributed by atoms with Crippen molar-refractivity contribution in [2.75, 3.05) is 4.90 Å². The monoisotopic (exact) mass is 441 g/mol. The van der Waals surface area contributed by atoms with Crippen molar-refractivity contribution in [3.05, 3.63) is 115 Å². The molecule has 0 saturated carbocycles. The fraction of sp³-hybridized carbons (Fsp3) is 0. The fourth-order valence-electron chi connectivity index (χ4n) is 4.80. The average Bonchev–Trinajstić information content (AvgIpc) is 3.45. The van der Waals surface area contributed by atoms with E-state index >= 15 is 0 Å². The second kappa shape index (κ2) is 7.22. The van der Waals surface area contributed by atoms with Crippen LogP contribution in [0.3, 0.4) is 0 Å². The third-order valence-electron chi connectivity index (χ3n) is 6.24. The molecule has 0 saturated heterocycles. The first-order chi connectivity index (χ1) is 16.4. The highest BCUT2D eigenvalue weighted by Gasteiger charge is 2.23. The van der Waals surface area contributed by atoms with Crippen molar-refractivity contribution in [2.45, 2.75) is 0 Å². The van der Waals surface area contributed by atoms with E-state index in [0.29, 0.717) is 0 Å². The second-order valence-corrected chi connectivity index (χ2v) is 9.23. The normalized spacial score (nSPS) is 11.6. The minimum atomic E-state index is 0.916. The van der Waals surface area contributed by atoms with Gasteiger partial charge in [-0.2, -0.15) is 0 Å². The van der Waals surface area contributed by atoms with Crippen molar-refractivity contribution in [3.63, 3.8) is 0 Å². The highest BCUT2D eigenvalue weighted by molar-refractivity contribution is 7.26. The summed E-state index contributed by atoms with van der Waals surface area (Å²) in [6, 6.07) is 40.5. The van der Waals surface area contributed by atoms with Gasteiger partial charge in [0, 0.05) is 32.2 Å². The molecule has 3 heteroatoms. The Morgan fingerprint density at radius 1 is 0.576 bits per heavy atom. The summed E-state index contributed by atoms with van der Waals surface area (Å²) in [6.45, 7) is 0. The maximum Gasteiger partial charge on any atom is 0.155 e. The number of hydrogen-bond acceptors (Lipinski definition) is 3. The van der Waals surface area contributed by atoms with Crippen LogP contribution >= 0.6 is 11.3 Å². The lowest BCUT2D eigenvalue weighted by Gasteiger charge is -2.26. The molecule has 2 heterocycles. The van der Waals surface area contributed by atoms with Crippen LogP contribution in [0.1, 0.15) is 0 Å². The van der Waals surface area contributed by atoms with Crippen LogP contribution in [0.5, 0.6) is 0 Å². The number of fused-ring (bicyclic) bond motifs is 7. The number of furan rings is 1. The topological polar surface area (TPSA) is 16.4 Å². The predicted octanol–water partition coefficient (Wildman–Crippen LogP) is 9.42. The van der Waals surface area contributed by atoms with Crippen LogP contribution in [-0.4, -0.2) is 0 Å². The molecule has 156 valence electrons. The summed E-state index contributed by atoms with van der Waals surface area (Å²) in [5.74, 6) is 0. The van der Waals surface area contributed by atoms with E-state index in [1.807, 2.05) is 6.07 Å². The van der Waals surface area contributed by atoms with Gasteiger partial charge in [-0.05, 0) is 42.5 Å². The Morgan fingerprint density at radius 2 is 1.18 bits per heavy atom. The third kappa shape index (κ3) is 2.80. The number of benzene rings is 5. The predicted molar refractivity (Wildman–Crippen MR) is 141 cm³/mol. The van der Waals surface area contributed by atoms with Crippen LogP contribution in [-0.2, 0) is 0 Å². The highest BCUT2D eigenvalue weighted by atomic mass is 32.1. The Balaban J connectivity index is 1.69. The fourth-order valence-corrected chi connectivity index (χ4v) is 5.97. The van der Waals surface area contributed by atoms with E-state index < -0.39 is 0 Å². The van der Waals surface area contributed by atoms with Crippen molar-refractivity contribution in [1.29, 1.82) is 0 Å². The number of para-hydroxylation sites is 3. The number of anilines is 3. The van der Waals surface area contributed by atoms with Gasteiger partial charge in [0.05, 0.1) is 15.8 Å². The molecule has 0 radical (unpaired) electrons. The van der Waals surface area contributed by atoms with Gasteiger partial charge < -0.3 is 9.32 Å². The van der Waals surface area contributed by atoms with Gasteiger partial charge in [0.2, 0.25) is 0 Å². The molecule has 0 atom stereocenters. The summed E-state index contributed by atoms with van der Waals surface area (Å²) in [5, 5.41) is 4.78. The third-order valence-corrected chi connectivity index (χ3v) is 7.43. The summed E-state index contributed by atoms with van der Waals surface area (Å²) >= 11 is 1.81. The smallest absolute Gasteiger partial charge is 0.155 e. The molecule has 0 N–H and O–H groups in total. The van der Waals surface area contributed by atoms with Crippen LogP contribution in [0.2, 0.25) is 0 Å². The molecular formula is C30H19NOS. The zero-order chi connectivity index (χ0) is 21.8. The molecule has 0 fully saturated rings. The molecule has 0 amide bonds. The Hall–Kier alpha value is -4.08. The SMILES string of the molecule is c1ccc(N(c2ccccc2)c2cc3c4ccccc4sc3c3oc4ccccc4c23)cc1. The molecule has 0 spiro atoms. The molecule has 0 unspecified atom stereocenters. The average molecular weight is 442 g/mol. The highest BCUT2D eigenvalue weighted by Crippen LogP contribution is 2.49. The van der Waals surface area contributed by atoms with Gasteiger partial charge in [-0.3, -0.25) is 0 Å². The molecule has 2 nitrogen and oxygen atoms in total. The Morgan fingerprint density at radius 3 is 1.91 bits per heavy atom. The van der Waals surface area contributed by atoms with Crippen molar-refractivity contribution < 1.29 is 4.42 Å². The molecule has 2 aromatic heterocycles. The van der Waals surface area contributed by atoms with Crippen LogP contribution < -0.4 is 4.90 Å². The van der Waals surface area contributed by atoms with E-state index in [9.17, 15) is 0 Å². The summed E-state index contributed by atoms with van der Waals surface area (Å²) in [5.41, 5.74) is 5.24. The molecule has 7 rings (SSSR count). The van der Waals surface area contributed by atoms with Gasteiger partial charge in [-0.15, -0.1) is 11.3 Å². The standard InChI is InChI=1S/C30H19NOS/c1-3-11-20(12-4-1)31(21-13-5-2-6-14-21)25-19-24-22-15-8-10-18-27(22)33-30(24)29-28(25)23-16-7-9-17-26(23)32-29/h1-19H. The van der Waals surface area contributed by atoms with E-state index in [-0.39, 0.29) is 0 Å². The number of nitrogens with zero attached hydrogens (tertiary/aromatic N) is 1. The van der Waals surface area contributed by atoms with Gasteiger partial charge >= 0.3 is 0 Å². The van der Waals surface area contributed by atoms with Crippen molar-refractivity contribution in [3.8, 4) is 0 Å². The minimum Gasteiger partial charge on any atom is -0.454 e. The quantitative estimate of drug-likeness (QED) is 0.271. The minimum absolute atomic E-state index is 0.916. The Bertz CT molecular complexity index is 1720. The number of rotatable bonds is 3. The van der Waals surface area contributed by atoms with E-state index in [2.05, 4.69) is 114 Å². The first-order valence-corrected chi connectivity index (χ1v) is 11.9. The van der Waals surface area contributed by atoms with Crippen LogP contribution in [0.15, 0.2) is 120 Å². The Kier molecular flexibility index (Phi) is 4.05. The number of thiophene rings is 1. The first kappa shape index (κ1) is 18.5. The molecule has 0 aliphatic rings. The van der Waals surface area contributed by atoms with Gasteiger partial charge in [-0.25, -0.2) is 0 Å². The van der Waals surface area contributed by atoms with Crippen molar-refractivity contribution in [1.82, 2.24) is 0 Å². The Labute approximate surface area is 194 Å². The second-order valence-electron chi connectivity index (χ2n) is 8.18. The lowest BCUT2D eigenvalue weighted by molar-refractivity contribution is 0.673. The van der Waals surface area contributed by atoms with E-state index in [1.54, 1.807) is 11.3 Å². The van der Waals surface area contributed by atoms with Gasteiger partial charge in [0.15, 0.2) is 5.58 Å². The summed E-state index contributed by atoms with van der Waals surface area (Å²) < 4.78 is 9.02. The molecular weight excluding hydrogens is 422 g/mol. The molecule has 0 aliphatic heterocycles. The summed E-state index contributed by atoms with van der Waals surface area (Å²) in [4.78, 5) is 2.34. The van der Waals surface area contributed by atoms with Gasteiger partial charge in [-0.1, -0.05) is 72.8 Å².